The number of sulfonamides is 1. The lowest BCUT2D eigenvalue weighted by molar-refractivity contribution is 0.172. The minimum Gasteiger partial charge on any atom is -0.300 e. The lowest BCUT2D eigenvalue weighted by Gasteiger charge is -2.34. The summed E-state index contributed by atoms with van der Waals surface area (Å²) in [6, 6.07) is 6.84. The summed E-state index contributed by atoms with van der Waals surface area (Å²) in [5.41, 5.74) is 0. The smallest absolute Gasteiger partial charge is 0.243 e. The summed E-state index contributed by atoms with van der Waals surface area (Å²) in [7, 11) is -3.34. The first-order valence-electron chi connectivity index (χ1n) is 6.87. The quantitative estimate of drug-likeness (QED) is 0.827. The van der Waals surface area contributed by atoms with Gasteiger partial charge in [-0.05, 0) is 30.2 Å². The molecular weight excluding hydrogens is 340 g/mol. The van der Waals surface area contributed by atoms with Gasteiger partial charge < -0.3 is 4.90 Å². The van der Waals surface area contributed by atoms with Crippen molar-refractivity contribution in [3.05, 3.63) is 28.7 Å². The van der Waals surface area contributed by atoms with E-state index in [1.807, 2.05) is 0 Å². The lowest BCUT2D eigenvalue weighted by atomic mass is 10.2. The topological polar surface area (TPSA) is 40.6 Å². The van der Waals surface area contributed by atoms with Crippen molar-refractivity contribution in [2.45, 2.75) is 18.7 Å². The number of benzene rings is 1. The monoisotopic (exact) mass is 360 g/mol. The number of nitrogens with zero attached hydrogens (tertiary/aromatic N) is 2. The Bertz CT molecular complexity index is 535. The maximum absolute atomic E-state index is 12.5. The molecule has 0 radical (unpaired) electrons. The zero-order chi connectivity index (χ0) is 14.8. The zero-order valence-electron chi connectivity index (χ0n) is 11.9. The largest absolute Gasteiger partial charge is 0.300 e. The third kappa shape index (κ3) is 3.81. The first-order chi connectivity index (χ1) is 9.39. The Morgan fingerprint density at radius 3 is 2.15 bits per heavy atom. The first-order valence-corrected chi connectivity index (χ1v) is 9.11. The molecule has 0 amide bonds. The molecule has 1 fully saturated rings. The second-order valence-corrected chi connectivity index (χ2v) is 8.41. The molecule has 1 aromatic rings. The van der Waals surface area contributed by atoms with Crippen molar-refractivity contribution >= 4 is 26.0 Å². The van der Waals surface area contributed by atoms with Crippen LogP contribution in [0.2, 0.25) is 0 Å². The van der Waals surface area contributed by atoms with Crippen LogP contribution in [-0.2, 0) is 10.0 Å². The van der Waals surface area contributed by atoms with Crippen LogP contribution in [0, 0.1) is 5.92 Å². The Kier molecular flexibility index (Phi) is 5.23. The van der Waals surface area contributed by atoms with Gasteiger partial charge in [0, 0.05) is 37.2 Å². The number of rotatable bonds is 4. The highest BCUT2D eigenvalue weighted by atomic mass is 79.9. The molecule has 0 aromatic heterocycles. The highest BCUT2D eigenvalue weighted by Crippen LogP contribution is 2.20. The first kappa shape index (κ1) is 15.9. The van der Waals surface area contributed by atoms with E-state index in [0.717, 1.165) is 24.1 Å². The number of hydrogen-bond donors (Lipinski definition) is 0. The van der Waals surface area contributed by atoms with E-state index in [1.165, 1.54) is 0 Å². The van der Waals surface area contributed by atoms with Gasteiger partial charge in [0.1, 0.15) is 0 Å². The SMILES string of the molecule is CC(C)CN1CCN(S(=O)(=O)c2ccc(Br)cc2)CC1. The van der Waals surface area contributed by atoms with Gasteiger partial charge in [-0.1, -0.05) is 29.8 Å². The van der Waals surface area contributed by atoms with Crippen molar-refractivity contribution in [2.75, 3.05) is 32.7 Å². The fourth-order valence-electron chi connectivity index (χ4n) is 2.42. The molecule has 0 aliphatic carbocycles. The molecule has 0 bridgehead atoms. The minimum atomic E-state index is -3.34. The molecular formula is C14H21BrN2O2S. The van der Waals surface area contributed by atoms with Crippen LogP contribution in [0.4, 0.5) is 0 Å². The Morgan fingerprint density at radius 2 is 1.65 bits per heavy atom. The third-order valence-corrected chi connectivity index (χ3v) is 5.85. The van der Waals surface area contributed by atoms with Crippen molar-refractivity contribution in [3.8, 4) is 0 Å². The molecule has 112 valence electrons. The van der Waals surface area contributed by atoms with Gasteiger partial charge in [0.2, 0.25) is 10.0 Å². The summed E-state index contributed by atoms with van der Waals surface area (Å²) in [5.74, 6) is 0.615. The van der Waals surface area contributed by atoms with Crippen LogP contribution < -0.4 is 0 Å². The average molecular weight is 361 g/mol. The van der Waals surface area contributed by atoms with Crippen LogP contribution >= 0.6 is 15.9 Å². The molecule has 0 N–H and O–H groups in total. The second kappa shape index (κ2) is 6.56. The Morgan fingerprint density at radius 1 is 1.10 bits per heavy atom. The molecule has 0 spiro atoms. The molecule has 1 aliphatic rings. The molecule has 1 saturated heterocycles. The lowest BCUT2D eigenvalue weighted by Crippen LogP contribution is -2.49. The van der Waals surface area contributed by atoms with E-state index in [9.17, 15) is 8.42 Å². The van der Waals surface area contributed by atoms with Crippen LogP contribution in [0.3, 0.4) is 0 Å². The standard InChI is InChI=1S/C14H21BrN2O2S/c1-12(2)11-16-7-9-17(10-8-16)20(18,19)14-5-3-13(15)4-6-14/h3-6,12H,7-11H2,1-2H3. The van der Waals surface area contributed by atoms with Gasteiger partial charge in [-0.3, -0.25) is 0 Å². The summed E-state index contributed by atoms with van der Waals surface area (Å²) in [4.78, 5) is 2.70. The van der Waals surface area contributed by atoms with Crippen LogP contribution in [0.15, 0.2) is 33.6 Å². The van der Waals surface area contributed by atoms with Crippen molar-refractivity contribution < 1.29 is 8.42 Å². The zero-order valence-corrected chi connectivity index (χ0v) is 14.3. The third-order valence-electron chi connectivity index (χ3n) is 3.41. The Labute approximate surface area is 129 Å². The van der Waals surface area contributed by atoms with Crippen molar-refractivity contribution in [2.24, 2.45) is 5.92 Å². The summed E-state index contributed by atoms with van der Waals surface area (Å²) in [6.45, 7) is 8.18. The van der Waals surface area contributed by atoms with Gasteiger partial charge in [0.15, 0.2) is 0 Å². The summed E-state index contributed by atoms with van der Waals surface area (Å²) in [6.07, 6.45) is 0. The molecule has 0 atom stereocenters. The van der Waals surface area contributed by atoms with Crippen LogP contribution in [0.5, 0.6) is 0 Å². The van der Waals surface area contributed by atoms with Gasteiger partial charge in [0.05, 0.1) is 4.90 Å². The maximum atomic E-state index is 12.5. The van der Waals surface area contributed by atoms with E-state index in [2.05, 4.69) is 34.7 Å². The molecule has 4 nitrogen and oxygen atoms in total. The summed E-state index contributed by atoms with van der Waals surface area (Å²) in [5, 5.41) is 0. The van der Waals surface area contributed by atoms with E-state index in [1.54, 1.807) is 28.6 Å². The molecule has 2 rings (SSSR count). The fraction of sp³-hybridized carbons (Fsp3) is 0.571. The van der Waals surface area contributed by atoms with E-state index in [4.69, 9.17) is 0 Å². The van der Waals surface area contributed by atoms with E-state index in [-0.39, 0.29) is 0 Å². The molecule has 20 heavy (non-hydrogen) atoms. The van der Waals surface area contributed by atoms with Crippen molar-refractivity contribution in [1.82, 2.24) is 9.21 Å². The van der Waals surface area contributed by atoms with Crippen LogP contribution in [0.1, 0.15) is 13.8 Å². The van der Waals surface area contributed by atoms with E-state index < -0.39 is 10.0 Å². The molecule has 6 heteroatoms. The van der Waals surface area contributed by atoms with E-state index in [0.29, 0.717) is 23.9 Å². The minimum absolute atomic E-state index is 0.373. The Balaban J connectivity index is 2.04. The number of piperazine rings is 1. The van der Waals surface area contributed by atoms with Gasteiger partial charge in [0.25, 0.3) is 0 Å². The normalized spacial score (nSPS) is 18.6. The van der Waals surface area contributed by atoms with Crippen molar-refractivity contribution in [1.29, 1.82) is 0 Å². The summed E-state index contributed by atoms with van der Waals surface area (Å²) < 4.78 is 27.5. The summed E-state index contributed by atoms with van der Waals surface area (Å²) >= 11 is 3.32. The molecule has 0 saturated carbocycles. The molecule has 0 unspecified atom stereocenters. The number of hydrogen-bond acceptors (Lipinski definition) is 3. The highest BCUT2D eigenvalue weighted by Gasteiger charge is 2.28. The maximum Gasteiger partial charge on any atom is 0.243 e. The van der Waals surface area contributed by atoms with Crippen LogP contribution in [-0.4, -0.2) is 50.3 Å². The molecule has 1 heterocycles. The van der Waals surface area contributed by atoms with Crippen molar-refractivity contribution in [3.63, 3.8) is 0 Å². The van der Waals surface area contributed by atoms with Crippen LogP contribution in [0.25, 0.3) is 0 Å². The highest BCUT2D eigenvalue weighted by molar-refractivity contribution is 9.10. The predicted octanol–water partition coefficient (Wildman–Crippen LogP) is 2.41. The van der Waals surface area contributed by atoms with Gasteiger partial charge in [-0.2, -0.15) is 4.31 Å². The fourth-order valence-corrected chi connectivity index (χ4v) is 4.11. The van der Waals surface area contributed by atoms with Gasteiger partial charge in [-0.25, -0.2) is 8.42 Å². The number of halogens is 1. The van der Waals surface area contributed by atoms with Gasteiger partial charge in [-0.15, -0.1) is 0 Å². The Hall–Kier alpha value is -0.430. The average Bonchev–Trinajstić information content (AvgIpc) is 2.39. The molecule has 1 aromatic carbocycles. The van der Waals surface area contributed by atoms with Gasteiger partial charge >= 0.3 is 0 Å². The second-order valence-electron chi connectivity index (χ2n) is 5.55. The molecule has 1 aliphatic heterocycles. The van der Waals surface area contributed by atoms with E-state index >= 15 is 0 Å². The predicted molar refractivity (Wildman–Crippen MR) is 84.2 cm³/mol.